The van der Waals surface area contributed by atoms with Gasteiger partial charge in [-0.15, -0.1) is 17.0 Å². The van der Waals surface area contributed by atoms with Crippen molar-refractivity contribution in [1.29, 1.82) is 0 Å². The smallest absolute Gasteiger partial charge is 0.254 e. The van der Waals surface area contributed by atoms with E-state index in [-0.39, 0.29) is 28.8 Å². The van der Waals surface area contributed by atoms with Crippen molar-refractivity contribution < 1.29 is 14.7 Å². The van der Waals surface area contributed by atoms with Crippen LogP contribution in [0.1, 0.15) is 48.7 Å². The number of rotatable bonds is 8. The lowest BCUT2D eigenvalue weighted by Crippen LogP contribution is -2.53. The molecule has 0 spiro atoms. The number of hydrogen-bond acceptors (Lipinski definition) is 4. The Labute approximate surface area is 205 Å². The van der Waals surface area contributed by atoms with Gasteiger partial charge in [-0.2, -0.15) is 0 Å². The predicted molar refractivity (Wildman–Crippen MR) is 132 cm³/mol. The van der Waals surface area contributed by atoms with Crippen molar-refractivity contribution in [3.05, 3.63) is 70.7 Å². The summed E-state index contributed by atoms with van der Waals surface area (Å²) in [5.74, 6) is -0.262. The van der Waals surface area contributed by atoms with Crippen LogP contribution >= 0.6 is 28.6 Å². The molecular formula is C24H31BrClN3O3. The summed E-state index contributed by atoms with van der Waals surface area (Å²) in [6.45, 7) is 5.15. The second kappa shape index (κ2) is 11.8. The number of nitrogens with zero attached hydrogens (tertiary/aromatic N) is 1. The van der Waals surface area contributed by atoms with Gasteiger partial charge >= 0.3 is 0 Å². The van der Waals surface area contributed by atoms with Gasteiger partial charge in [0.25, 0.3) is 5.91 Å². The second-order valence-electron chi connectivity index (χ2n) is 8.54. The van der Waals surface area contributed by atoms with Crippen LogP contribution in [0.4, 0.5) is 0 Å². The lowest BCUT2D eigenvalue weighted by molar-refractivity contribution is -0.125. The van der Waals surface area contributed by atoms with Crippen molar-refractivity contribution in [3.8, 4) is 0 Å². The summed E-state index contributed by atoms with van der Waals surface area (Å²) >= 11 is 6.15. The molecule has 0 aromatic heterocycles. The molecule has 2 aromatic carbocycles. The van der Waals surface area contributed by atoms with E-state index in [0.29, 0.717) is 42.2 Å². The van der Waals surface area contributed by atoms with Crippen molar-refractivity contribution >= 4 is 40.4 Å². The van der Waals surface area contributed by atoms with Crippen molar-refractivity contribution in [1.82, 2.24) is 15.5 Å². The molecule has 1 saturated heterocycles. The van der Waals surface area contributed by atoms with Crippen molar-refractivity contribution in [2.45, 2.75) is 44.4 Å². The molecule has 0 saturated carbocycles. The number of carbonyl (C=O) groups excluding carboxylic acids is 2. The summed E-state index contributed by atoms with van der Waals surface area (Å²) in [5, 5.41) is 17.2. The molecule has 0 bridgehead atoms. The van der Waals surface area contributed by atoms with Crippen LogP contribution in [-0.2, 0) is 4.79 Å². The number of likely N-dealkylation sites (tertiary alicyclic amines) is 1. The Morgan fingerprint density at radius 1 is 1.16 bits per heavy atom. The SMILES string of the molecule is Br.CC(C)(CNC(=O)[C@@H]1CCCN1C(=O)c1ccccc1)NCC(O)c1ccccc1Cl. The molecule has 3 N–H and O–H groups in total. The summed E-state index contributed by atoms with van der Waals surface area (Å²) < 4.78 is 0. The van der Waals surface area contributed by atoms with E-state index in [2.05, 4.69) is 10.6 Å². The molecular weight excluding hydrogens is 494 g/mol. The van der Waals surface area contributed by atoms with Crippen molar-refractivity contribution in [2.75, 3.05) is 19.6 Å². The van der Waals surface area contributed by atoms with Crippen LogP contribution in [0, 0.1) is 0 Å². The minimum Gasteiger partial charge on any atom is -0.387 e. The summed E-state index contributed by atoms with van der Waals surface area (Å²) in [6, 6.07) is 15.8. The average molecular weight is 525 g/mol. The Morgan fingerprint density at radius 3 is 2.50 bits per heavy atom. The number of nitrogens with one attached hydrogen (secondary N) is 2. The zero-order valence-corrected chi connectivity index (χ0v) is 20.9. The number of aliphatic hydroxyl groups is 1. The number of halogens is 2. The van der Waals surface area contributed by atoms with Gasteiger partial charge in [0.2, 0.25) is 5.91 Å². The largest absolute Gasteiger partial charge is 0.387 e. The third-order valence-electron chi connectivity index (χ3n) is 5.58. The van der Waals surface area contributed by atoms with E-state index in [0.717, 1.165) is 6.42 Å². The minimum absolute atomic E-state index is 0. The average Bonchev–Trinajstić information content (AvgIpc) is 3.26. The predicted octanol–water partition coefficient (Wildman–Crippen LogP) is 3.74. The molecule has 6 nitrogen and oxygen atoms in total. The molecule has 2 amide bonds. The van der Waals surface area contributed by atoms with Crippen LogP contribution in [0.15, 0.2) is 54.6 Å². The fraction of sp³-hybridized carbons (Fsp3) is 0.417. The fourth-order valence-electron chi connectivity index (χ4n) is 3.75. The van der Waals surface area contributed by atoms with Crippen LogP contribution in [0.25, 0.3) is 0 Å². The highest BCUT2D eigenvalue weighted by molar-refractivity contribution is 8.93. The monoisotopic (exact) mass is 523 g/mol. The topological polar surface area (TPSA) is 81.7 Å². The van der Waals surface area contributed by atoms with Gasteiger partial charge in [0.05, 0.1) is 6.10 Å². The van der Waals surface area contributed by atoms with E-state index in [1.54, 1.807) is 29.2 Å². The lowest BCUT2D eigenvalue weighted by Gasteiger charge is -2.30. The Balaban J connectivity index is 0.00000363. The first-order valence-corrected chi connectivity index (χ1v) is 11.0. The molecule has 8 heteroatoms. The zero-order valence-electron chi connectivity index (χ0n) is 18.4. The summed E-state index contributed by atoms with van der Waals surface area (Å²) in [7, 11) is 0. The van der Waals surface area contributed by atoms with Crippen LogP contribution in [0.3, 0.4) is 0 Å². The molecule has 1 aliphatic rings. The van der Waals surface area contributed by atoms with Gasteiger partial charge < -0.3 is 20.6 Å². The maximum absolute atomic E-state index is 12.8. The van der Waals surface area contributed by atoms with Gasteiger partial charge in [-0.3, -0.25) is 9.59 Å². The van der Waals surface area contributed by atoms with Gasteiger partial charge in [0.15, 0.2) is 0 Å². The summed E-state index contributed by atoms with van der Waals surface area (Å²) in [5.41, 5.74) is 0.806. The maximum Gasteiger partial charge on any atom is 0.254 e. The Morgan fingerprint density at radius 2 is 1.81 bits per heavy atom. The van der Waals surface area contributed by atoms with Crippen LogP contribution in [-0.4, -0.2) is 53.0 Å². The Hall–Kier alpha value is -1.93. The minimum atomic E-state index is -0.752. The highest BCUT2D eigenvalue weighted by Gasteiger charge is 2.35. The third kappa shape index (κ3) is 6.78. The third-order valence-corrected chi connectivity index (χ3v) is 5.92. The standard InChI is InChI=1S/C24H30ClN3O3.BrH/c1-24(2,27-15-21(29)18-11-6-7-12-19(18)25)16-26-22(30)20-13-8-14-28(20)23(31)17-9-4-3-5-10-17;/h3-7,9-12,20-21,27,29H,8,13-16H2,1-2H3,(H,26,30);1H/t20-,21?;/m0./s1. The first kappa shape index (κ1) is 26.3. The molecule has 1 fully saturated rings. The molecule has 2 aromatic rings. The van der Waals surface area contributed by atoms with E-state index < -0.39 is 17.7 Å². The van der Waals surface area contributed by atoms with Crippen molar-refractivity contribution in [3.63, 3.8) is 0 Å². The van der Waals surface area contributed by atoms with Gasteiger partial charge in [-0.05, 0) is 44.9 Å². The lowest BCUT2D eigenvalue weighted by atomic mass is 10.0. The van der Waals surface area contributed by atoms with E-state index in [9.17, 15) is 14.7 Å². The quantitative estimate of drug-likeness (QED) is 0.491. The molecule has 0 radical (unpaired) electrons. The first-order chi connectivity index (χ1) is 14.8. The zero-order chi connectivity index (χ0) is 22.4. The first-order valence-electron chi connectivity index (χ1n) is 10.6. The Bertz CT molecular complexity index is 910. The molecule has 32 heavy (non-hydrogen) atoms. The van der Waals surface area contributed by atoms with E-state index in [1.807, 2.05) is 44.2 Å². The molecule has 174 valence electrons. The van der Waals surface area contributed by atoms with E-state index in [1.165, 1.54) is 0 Å². The van der Waals surface area contributed by atoms with E-state index in [4.69, 9.17) is 11.6 Å². The number of aliphatic hydroxyl groups excluding tert-OH is 1. The highest BCUT2D eigenvalue weighted by atomic mass is 79.9. The summed E-state index contributed by atoms with van der Waals surface area (Å²) in [4.78, 5) is 27.3. The van der Waals surface area contributed by atoms with Crippen LogP contribution in [0.2, 0.25) is 5.02 Å². The highest BCUT2D eigenvalue weighted by Crippen LogP contribution is 2.23. The molecule has 1 heterocycles. The maximum atomic E-state index is 12.8. The number of carbonyl (C=O) groups is 2. The molecule has 1 aliphatic heterocycles. The molecule has 2 atom stereocenters. The van der Waals surface area contributed by atoms with Gasteiger partial charge in [0, 0.05) is 41.3 Å². The fourth-order valence-corrected chi connectivity index (χ4v) is 4.01. The molecule has 3 rings (SSSR count). The van der Waals surface area contributed by atoms with Gasteiger partial charge in [0.1, 0.15) is 6.04 Å². The van der Waals surface area contributed by atoms with Crippen LogP contribution in [0.5, 0.6) is 0 Å². The van der Waals surface area contributed by atoms with Gasteiger partial charge in [-0.25, -0.2) is 0 Å². The molecule has 1 unspecified atom stereocenters. The Kier molecular flexibility index (Phi) is 9.70. The second-order valence-corrected chi connectivity index (χ2v) is 8.95. The van der Waals surface area contributed by atoms with Crippen molar-refractivity contribution in [2.24, 2.45) is 0 Å². The van der Waals surface area contributed by atoms with E-state index >= 15 is 0 Å². The summed E-state index contributed by atoms with van der Waals surface area (Å²) in [6.07, 6.45) is 0.712. The van der Waals surface area contributed by atoms with Gasteiger partial charge in [-0.1, -0.05) is 48.0 Å². The normalized spacial score (nSPS) is 16.9. The number of β-amino-alcohol motifs (C(OH)–C–C–N with tert-alkyl or cyclic N) is 1. The number of benzene rings is 2. The molecule has 0 aliphatic carbocycles. The number of amides is 2. The number of hydrogen-bond donors (Lipinski definition) is 3. The van der Waals surface area contributed by atoms with Crippen LogP contribution < -0.4 is 10.6 Å².